The fourth-order valence-corrected chi connectivity index (χ4v) is 2.22. The number of para-hydroxylation sites is 1. The fourth-order valence-electron chi connectivity index (χ4n) is 1.86. The Kier molecular flexibility index (Phi) is 5.80. The Labute approximate surface area is 148 Å². The highest BCUT2D eigenvalue weighted by atomic mass is 35.5. The first-order chi connectivity index (χ1) is 11.4. The molecule has 1 atom stereocenters. The van der Waals surface area contributed by atoms with Gasteiger partial charge in [0.15, 0.2) is 6.10 Å². The van der Waals surface area contributed by atoms with E-state index in [4.69, 9.17) is 33.2 Å². The zero-order valence-electron chi connectivity index (χ0n) is 12.5. The largest absolute Gasteiger partial charge is 0.449 e. The van der Waals surface area contributed by atoms with Crippen molar-refractivity contribution >= 4 is 40.8 Å². The van der Waals surface area contributed by atoms with Crippen LogP contribution in [0, 0.1) is 11.3 Å². The number of nitrogens with one attached hydrogen (secondary N) is 1. The molecule has 0 fully saturated rings. The van der Waals surface area contributed by atoms with E-state index >= 15 is 0 Å². The average Bonchev–Trinajstić information content (AvgIpc) is 2.57. The summed E-state index contributed by atoms with van der Waals surface area (Å²) >= 11 is 11.8. The number of ether oxygens (including phenoxy) is 1. The molecule has 2 aromatic carbocycles. The molecule has 0 aliphatic carbocycles. The van der Waals surface area contributed by atoms with Gasteiger partial charge in [-0.2, -0.15) is 5.26 Å². The number of nitriles is 1. The quantitative estimate of drug-likeness (QED) is 0.832. The maximum atomic E-state index is 12.1. The summed E-state index contributed by atoms with van der Waals surface area (Å²) in [5.74, 6) is -1.33. The SMILES string of the molecule is C[C@H](OC(=O)c1cc(Cl)ccc1Cl)C(=O)Nc1ccccc1C#N. The van der Waals surface area contributed by atoms with Gasteiger partial charge in [0.25, 0.3) is 5.91 Å². The van der Waals surface area contributed by atoms with Gasteiger partial charge >= 0.3 is 5.97 Å². The van der Waals surface area contributed by atoms with E-state index in [1.54, 1.807) is 24.3 Å². The van der Waals surface area contributed by atoms with Crippen LogP contribution in [0.4, 0.5) is 5.69 Å². The third-order valence-corrected chi connectivity index (χ3v) is 3.67. The van der Waals surface area contributed by atoms with Crippen LogP contribution >= 0.6 is 23.2 Å². The van der Waals surface area contributed by atoms with Crippen molar-refractivity contribution in [1.82, 2.24) is 0 Å². The van der Waals surface area contributed by atoms with Gasteiger partial charge in [0.2, 0.25) is 0 Å². The minimum absolute atomic E-state index is 0.0706. The number of esters is 1. The zero-order valence-corrected chi connectivity index (χ0v) is 14.1. The Morgan fingerprint density at radius 2 is 1.92 bits per heavy atom. The van der Waals surface area contributed by atoms with E-state index in [1.165, 1.54) is 25.1 Å². The fraction of sp³-hybridized carbons (Fsp3) is 0.118. The smallest absolute Gasteiger partial charge is 0.340 e. The molecule has 0 aliphatic rings. The molecule has 1 amide bonds. The third kappa shape index (κ3) is 4.25. The summed E-state index contributed by atoms with van der Waals surface area (Å²) in [5.41, 5.74) is 0.720. The summed E-state index contributed by atoms with van der Waals surface area (Å²) in [6, 6.07) is 12.8. The minimum atomic E-state index is -1.08. The molecule has 122 valence electrons. The van der Waals surface area contributed by atoms with Gasteiger partial charge in [0.1, 0.15) is 6.07 Å². The Bertz CT molecular complexity index is 831. The summed E-state index contributed by atoms with van der Waals surface area (Å²) in [6.45, 7) is 1.42. The molecule has 0 spiro atoms. The van der Waals surface area contributed by atoms with Crippen molar-refractivity contribution in [3.05, 3.63) is 63.6 Å². The number of hydrogen-bond donors (Lipinski definition) is 1. The predicted molar refractivity (Wildman–Crippen MR) is 91.1 cm³/mol. The van der Waals surface area contributed by atoms with Gasteiger partial charge < -0.3 is 10.1 Å². The molecular formula is C17H12Cl2N2O3. The Balaban J connectivity index is 2.07. The van der Waals surface area contributed by atoms with Gasteiger partial charge in [-0.3, -0.25) is 4.79 Å². The summed E-state index contributed by atoms with van der Waals surface area (Å²) in [5, 5.41) is 12.1. The van der Waals surface area contributed by atoms with Gasteiger partial charge in [-0.1, -0.05) is 35.3 Å². The minimum Gasteiger partial charge on any atom is -0.449 e. The topological polar surface area (TPSA) is 79.2 Å². The van der Waals surface area contributed by atoms with Crippen LogP contribution in [0.5, 0.6) is 0 Å². The van der Waals surface area contributed by atoms with Gasteiger partial charge in [-0.15, -0.1) is 0 Å². The van der Waals surface area contributed by atoms with Crippen LogP contribution in [-0.2, 0) is 9.53 Å². The van der Waals surface area contributed by atoms with E-state index in [9.17, 15) is 9.59 Å². The number of hydrogen-bond acceptors (Lipinski definition) is 4. The first-order valence-corrected chi connectivity index (χ1v) is 7.64. The van der Waals surface area contributed by atoms with Crippen molar-refractivity contribution in [2.75, 3.05) is 5.32 Å². The summed E-state index contributed by atoms with van der Waals surface area (Å²) < 4.78 is 5.10. The Morgan fingerprint density at radius 1 is 1.21 bits per heavy atom. The average molecular weight is 363 g/mol. The monoisotopic (exact) mass is 362 g/mol. The van der Waals surface area contributed by atoms with Crippen molar-refractivity contribution < 1.29 is 14.3 Å². The molecule has 7 heteroatoms. The number of halogens is 2. The number of nitrogens with zero attached hydrogens (tertiary/aromatic N) is 1. The molecule has 24 heavy (non-hydrogen) atoms. The highest BCUT2D eigenvalue weighted by Crippen LogP contribution is 2.22. The molecule has 5 nitrogen and oxygen atoms in total. The molecule has 2 rings (SSSR count). The van der Waals surface area contributed by atoms with E-state index in [0.29, 0.717) is 16.3 Å². The molecule has 0 aromatic heterocycles. The molecule has 0 aliphatic heterocycles. The predicted octanol–water partition coefficient (Wildman–Crippen LogP) is 4.05. The number of amides is 1. The van der Waals surface area contributed by atoms with Crippen LogP contribution in [-0.4, -0.2) is 18.0 Å². The van der Waals surface area contributed by atoms with Crippen molar-refractivity contribution in [3.63, 3.8) is 0 Å². The van der Waals surface area contributed by atoms with Crippen molar-refractivity contribution in [2.24, 2.45) is 0 Å². The lowest BCUT2D eigenvalue weighted by atomic mass is 10.2. The van der Waals surface area contributed by atoms with Gasteiger partial charge in [0.05, 0.1) is 21.8 Å². The molecule has 2 aromatic rings. The molecule has 0 saturated carbocycles. The molecule has 0 bridgehead atoms. The number of carbonyl (C=O) groups excluding carboxylic acids is 2. The number of carbonyl (C=O) groups is 2. The lowest BCUT2D eigenvalue weighted by Crippen LogP contribution is -2.30. The van der Waals surface area contributed by atoms with Crippen LogP contribution in [0.1, 0.15) is 22.8 Å². The maximum Gasteiger partial charge on any atom is 0.340 e. The summed E-state index contributed by atoms with van der Waals surface area (Å²) in [7, 11) is 0. The van der Waals surface area contributed by atoms with E-state index in [2.05, 4.69) is 5.32 Å². The highest BCUT2D eigenvalue weighted by Gasteiger charge is 2.21. The Hall–Kier alpha value is -2.55. The summed E-state index contributed by atoms with van der Waals surface area (Å²) in [4.78, 5) is 24.3. The molecular weight excluding hydrogens is 351 g/mol. The molecule has 0 unspecified atom stereocenters. The normalized spacial score (nSPS) is 11.2. The Morgan fingerprint density at radius 3 is 2.62 bits per heavy atom. The van der Waals surface area contributed by atoms with Crippen molar-refractivity contribution in [2.45, 2.75) is 13.0 Å². The van der Waals surface area contributed by atoms with E-state index in [-0.39, 0.29) is 10.6 Å². The van der Waals surface area contributed by atoms with Crippen LogP contribution in [0.15, 0.2) is 42.5 Å². The standard InChI is InChI=1S/C17H12Cl2N2O3/c1-10(16(22)21-15-5-3-2-4-11(15)9-20)24-17(23)13-8-12(18)6-7-14(13)19/h2-8,10H,1H3,(H,21,22)/t10-/m0/s1. The molecule has 0 saturated heterocycles. The van der Waals surface area contributed by atoms with Crippen LogP contribution in [0.25, 0.3) is 0 Å². The van der Waals surface area contributed by atoms with Crippen LogP contribution < -0.4 is 5.32 Å². The van der Waals surface area contributed by atoms with Crippen LogP contribution in [0.3, 0.4) is 0 Å². The van der Waals surface area contributed by atoms with E-state index in [0.717, 1.165) is 0 Å². The first-order valence-electron chi connectivity index (χ1n) is 6.88. The third-order valence-electron chi connectivity index (χ3n) is 3.11. The highest BCUT2D eigenvalue weighted by molar-refractivity contribution is 6.35. The molecule has 0 radical (unpaired) electrons. The number of anilines is 1. The van der Waals surface area contributed by atoms with E-state index in [1.807, 2.05) is 6.07 Å². The lowest BCUT2D eigenvalue weighted by Gasteiger charge is -2.14. The second-order valence-corrected chi connectivity index (χ2v) is 5.66. The zero-order chi connectivity index (χ0) is 17.7. The van der Waals surface area contributed by atoms with Crippen molar-refractivity contribution in [3.8, 4) is 6.07 Å². The maximum absolute atomic E-state index is 12.1. The first kappa shape index (κ1) is 17.8. The summed E-state index contributed by atoms with van der Waals surface area (Å²) in [6.07, 6.45) is -1.08. The molecule has 0 heterocycles. The number of rotatable bonds is 4. The van der Waals surface area contributed by atoms with E-state index < -0.39 is 18.0 Å². The second-order valence-electron chi connectivity index (χ2n) is 4.82. The van der Waals surface area contributed by atoms with Gasteiger partial charge in [-0.25, -0.2) is 4.79 Å². The van der Waals surface area contributed by atoms with Gasteiger partial charge in [-0.05, 0) is 37.3 Å². The van der Waals surface area contributed by atoms with Crippen molar-refractivity contribution in [1.29, 1.82) is 5.26 Å². The lowest BCUT2D eigenvalue weighted by molar-refractivity contribution is -0.123. The van der Waals surface area contributed by atoms with Crippen LogP contribution in [0.2, 0.25) is 10.0 Å². The second kappa shape index (κ2) is 7.82. The number of benzene rings is 2. The van der Waals surface area contributed by atoms with Gasteiger partial charge in [0, 0.05) is 5.02 Å². The molecule has 1 N–H and O–H groups in total.